The van der Waals surface area contributed by atoms with Crippen LogP contribution in [0.3, 0.4) is 0 Å². The van der Waals surface area contributed by atoms with Crippen molar-refractivity contribution in [2.75, 3.05) is 37.8 Å². The molecule has 1 amide bonds. The maximum absolute atomic E-state index is 12.8. The molecular formula is C20H25N3O6S2. The highest BCUT2D eigenvalue weighted by Crippen LogP contribution is 2.26. The van der Waals surface area contributed by atoms with E-state index in [1.807, 2.05) is 43.3 Å². The molecule has 0 aromatic heterocycles. The molecule has 0 unspecified atom stereocenters. The van der Waals surface area contributed by atoms with Crippen LogP contribution in [0, 0.1) is 0 Å². The average molecular weight is 468 g/mol. The van der Waals surface area contributed by atoms with Crippen molar-refractivity contribution in [3.63, 3.8) is 0 Å². The van der Waals surface area contributed by atoms with Gasteiger partial charge in [0.1, 0.15) is 5.75 Å². The number of nitrogens with one attached hydrogen (secondary N) is 1. The third-order valence-electron chi connectivity index (χ3n) is 5.05. The van der Waals surface area contributed by atoms with Crippen LogP contribution in [0.2, 0.25) is 0 Å². The molecule has 3 rings (SSSR count). The molecule has 1 N–H and O–H groups in total. The van der Waals surface area contributed by atoms with Crippen LogP contribution in [-0.2, 0) is 24.8 Å². The number of hydrogen-bond donors (Lipinski definition) is 1. The molecule has 168 valence electrons. The number of rotatable bonds is 8. The van der Waals surface area contributed by atoms with Crippen molar-refractivity contribution in [2.24, 2.45) is 0 Å². The third kappa shape index (κ3) is 5.06. The molecule has 1 aliphatic rings. The molecule has 9 nitrogen and oxygen atoms in total. The third-order valence-corrected chi connectivity index (χ3v) is 8.18. The van der Waals surface area contributed by atoms with Gasteiger partial charge in [0, 0.05) is 19.0 Å². The fourth-order valence-corrected chi connectivity index (χ4v) is 5.82. The fourth-order valence-electron chi connectivity index (χ4n) is 3.33. The molecule has 1 saturated heterocycles. The van der Waals surface area contributed by atoms with Crippen LogP contribution in [0.4, 0.5) is 5.69 Å². The first-order chi connectivity index (χ1) is 14.5. The zero-order chi connectivity index (χ0) is 22.8. The second-order valence-corrected chi connectivity index (χ2v) is 11.0. The second kappa shape index (κ2) is 8.95. The van der Waals surface area contributed by atoms with Crippen molar-refractivity contribution in [1.82, 2.24) is 9.62 Å². The Labute approximate surface area is 182 Å². The fraction of sp³-hybridized carbons (Fsp3) is 0.350. The van der Waals surface area contributed by atoms with E-state index < -0.39 is 26.0 Å². The molecule has 0 spiro atoms. The summed E-state index contributed by atoms with van der Waals surface area (Å²) in [5.41, 5.74) is 1.05. The number of benzene rings is 2. The first-order valence-corrected chi connectivity index (χ1v) is 12.6. The summed E-state index contributed by atoms with van der Waals surface area (Å²) >= 11 is 0. The average Bonchev–Trinajstić information content (AvgIpc) is 3.00. The number of carbonyl (C=O) groups excluding carboxylic acids is 1. The molecule has 1 atom stereocenters. The van der Waals surface area contributed by atoms with Crippen LogP contribution in [0.5, 0.6) is 5.75 Å². The minimum absolute atomic E-state index is 0.0208. The summed E-state index contributed by atoms with van der Waals surface area (Å²) in [5, 5.41) is 0. The van der Waals surface area contributed by atoms with Gasteiger partial charge in [0.25, 0.3) is 0 Å². The highest BCUT2D eigenvalue weighted by Gasteiger charge is 2.36. The molecule has 31 heavy (non-hydrogen) atoms. The van der Waals surface area contributed by atoms with E-state index in [1.165, 1.54) is 24.3 Å². The lowest BCUT2D eigenvalue weighted by Gasteiger charge is -2.25. The topological polar surface area (TPSA) is 113 Å². The van der Waals surface area contributed by atoms with E-state index in [-0.39, 0.29) is 35.3 Å². The lowest BCUT2D eigenvalue weighted by Crippen LogP contribution is -2.34. The van der Waals surface area contributed by atoms with E-state index in [0.29, 0.717) is 5.75 Å². The Hall–Kier alpha value is -2.47. The van der Waals surface area contributed by atoms with Gasteiger partial charge in [-0.05, 0) is 56.1 Å². The number of nitrogens with zero attached hydrogens (tertiary/aromatic N) is 2. The Bertz CT molecular complexity index is 1140. The normalized spacial score (nSPS) is 17.2. The van der Waals surface area contributed by atoms with Crippen molar-refractivity contribution < 1.29 is 26.4 Å². The summed E-state index contributed by atoms with van der Waals surface area (Å²) in [6.45, 7) is 0.127. The summed E-state index contributed by atoms with van der Waals surface area (Å²) in [7, 11) is -2.26. The number of sulfonamides is 2. The summed E-state index contributed by atoms with van der Waals surface area (Å²) in [6.07, 6.45) is -0.0821. The van der Waals surface area contributed by atoms with Gasteiger partial charge in [-0.25, -0.2) is 25.9 Å². The van der Waals surface area contributed by atoms with Crippen LogP contribution >= 0.6 is 0 Å². The smallest absolute Gasteiger partial charge is 0.242 e. The maximum Gasteiger partial charge on any atom is 0.242 e. The van der Waals surface area contributed by atoms with E-state index in [9.17, 15) is 21.6 Å². The predicted octanol–water partition coefficient (Wildman–Crippen LogP) is 1.34. The molecule has 0 bridgehead atoms. The number of carbonyl (C=O) groups is 1. The molecule has 1 heterocycles. The van der Waals surface area contributed by atoms with Crippen molar-refractivity contribution in [3.05, 3.63) is 54.1 Å². The standard InChI is InChI=1S/C20H25N3O6S2/c1-22(2)19(15-4-8-17(29-3)9-5-15)14-21-31(27,28)18-10-6-16(7-11-18)23-20(24)12-13-30(23,25)26/h4-11,19,21H,12-14H2,1-3H3/t19-/m1/s1. The van der Waals surface area contributed by atoms with Gasteiger partial charge in [-0.3, -0.25) is 4.79 Å². The van der Waals surface area contributed by atoms with Crippen LogP contribution < -0.4 is 13.8 Å². The van der Waals surface area contributed by atoms with Crippen molar-refractivity contribution in [3.8, 4) is 5.75 Å². The summed E-state index contributed by atoms with van der Waals surface area (Å²) < 4.78 is 58.1. The van der Waals surface area contributed by atoms with Gasteiger partial charge in [-0.1, -0.05) is 12.1 Å². The number of ether oxygens (including phenoxy) is 1. The molecule has 1 aliphatic heterocycles. The number of anilines is 1. The Morgan fingerprint density at radius 1 is 1.10 bits per heavy atom. The van der Waals surface area contributed by atoms with Crippen LogP contribution in [0.25, 0.3) is 0 Å². The van der Waals surface area contributed by atoms with Crippen LogP contribution in [0.15, 0.2) is 53.4 Å². The van der Waals surface area contributed by atoms with Crippen LogP contribution in [-0.4, -0.2) is 61.1 Å². The first kappa shape index (κ1) is 23.2. The lowest BCUT2D eigenvalue weighted by atomic mass is 10.1. The summed E-state index contributed by atoms with van der Waals surface area (Å²) in [6, 6.07) is 12.4. The molecule has 0 radical (unpaired) electrons. The molecule has 11 heteroatoms. The Kier molecular flexibility index (Phi) is 6.70. The van der Waals surface area contributed by atoms with Crippen molar-refractivity contribution >= 4 is 31.6 Å². The Morgan fingerprint density at radius 2 is 1.71 bits per heavy atom. The van der Waals surface area contributed by atoms with Gasteiger partial charge in [-0.15, -0.1) is 0 Å². The molecule has 2 aromatic rings. The van der Waals surface area contributed by atoms with E-state index in [4.69, 9.17) is 4.74 Å². The number of hydrogen-bond acceptors (Lipinski definition) is 7. The highest BCUT2D eigenvalue weighted by molar-refractivity contribution is 7.94. The molecule has 1 fully saturated rings. The lowest BCUT2D eigenvalue weighted by molar-refractivity contribution is -0.116. The summed E-state index contributed by atoms with van der Waals surface area (Å²) in [5.74, 6) is -0.0625. The second-order valence-electron chi connectivity index (χ2n) is 7.32. The van der Waals surface area contributed by atoms with Gasteiger partial charge < -0.3 is 9.64 Å². The first-order valence-electron chi connectivity index (χ1n) is 9.51. The van der Waals surface area contributed by atoms with E-state index in [1.54, 1.807) is 7.11 Å². The highest BCUT2D eigenvalue weighted by atomic mass is 32.2. The Morgan fingerprint density at radius 3 is 2.19 bits per heavy atom. The molecular weight excluding hydrogens is 442 g/mol. The van der Waals surface area contributed by atoms with E-state index in [2.05, 4.69) is 4.72 Å². The Balaban J connectivity index is 1.75. The van der Waals surface area contributed by atoms with Gasteiger partial charge >= 0.3 is 0 Å². The monoisotopic (exact) mass is 467 g/mol. The zero-order valence-corrected chi connectivity index (χ0v) is 19.1. The predicted molar refractivity (Wildman–Crippen MR) is 117 cm³/mol. The largest absolute Gasteiger partial charge is 0.497 e. The van der Waals surface area contributed by atoms with Crippen molar-refractivity contribution in [1.29, 1.82) is 0 Å². The maximum atomic E-state index is 12.8. The SMILES string of the molecule is COc1ccc([C@@H](CNS(=O)(=O)c2ccc(N3C(=O)CCS3(=O)=O)cc2)N(C)C)cc1. The quantitative estimate of drug-likeness (QED) is 0.623. The number of likely N-dealkylation sites (N-methyl/N-ethyl adjacent to an activating group) is 1. The molecule has 2 aromatic carbocycles. The zero-order valence-electron chi connectivity index (χ0n) is 17.5. The van der Waals surface area contributed by atoms with Gasteiger partial charge in [-0.2, -0.15) is 0 Å². The molecule has 0 aliphatic carbocycles. The number of amides is 1. The van der Waals surface area contributed by atoms with Gasteiger partial charge in [0.2, 0.25) is 26.0 Å². The van der Waals surface area contributed by atoms with E-state index in [0.717, 1.165) is 9.87 Å². The number of methoxy groups -OCH3 is 1. The minimum Gasteiger partial charge on any atom is -0.497 e. The molecule has 0 saturated carbocycles. The van der Waals surface area contributed by atoms with Gasteiger partial charge in [0.15, 0.2) is 0 Å². The van der Waals surface area contributed by atoms with Gasteiger partial charge in [0.05, 0.1) is 23.4 Å². The minimum atomic E-state index is -3.85. The summed E-state index contributed by atoms with van der Waals surface area (Å²) in [4.78, 5) is 13.8. The van der Waals surface area contributed by atoms with Crippen LogP contribution in [0.1, 0.15) is 18.0 Å². The van der Waals surface area contributed by atoms with Crippen molar-refractivity contribution in [2.45, 2.75) is 17.4 Å². The van der Waals surface area contributed by atoms with E-state index >= 15 is 0 Å².